The van der Waals surface area contributed by atoms with Gasteiger partial charge in [0.1, 0.15) is 5.82 Å². The van der Waals surface area contributed by atoms with Gasteiger partial charge in [-0.25, -0.2) is 0 Å². The molecule has 112 valence electrons. The highest BCUT2D eigenvalue weighted by Gasteiger charge is 2.11. The summed E-state index contributed by atoms with van der Waals surface area (Å²) < 4.78 is 0. The van der Waals surface area contributed by atoms with Crippen molar-refractivity contribution in [2.45, 2.75) is 39.7 Å². The van der Waals surface area contributed by atoms with Crippen LogP contribution in [0.15, 0.2) is 12.1 Å². The number of hydrogen-bond acceptors (Lipinski definition) is 5. The molecule has 0 fully saturated rings. The second kappa shape index (κ2) is 8.47. The molecule has 0 aliphatic heterocycles. The van der Waals surface area contributed by atoms with E-state index in [1.807, 2.05) is 6.92 Å². The number of carbonyl (C=O) groups excluding carboxylic acids is 1. The highest BCUT2D eigenvalue weighted by molar-refractivity contribution is 5.92. The highest BCUT2D eigenvalue weighted by atomic mass is 16.2. The molecule has 0 bridgehead atoms. The summed E-state index contributed by atoms with van der Waals surface area (Å²) in [6.07, 6.45) is 2.02. The summed E-state index contributed by atoms with van der Waals surface area (Å²) in [7, 11) is 0. The molecule has 0 saturated carbocycles. The SMILES string of the molecule is CCN(CC)CCCC(C)NC(=O)c1ccc(N)nn1. The largest absolute Gasteiger partial charge is 0.382 e. The van der Waals surface area contributed by atoms with Crippen molar-refractivity contribution in [1.82, 2.24) is 20.4 Å². The molecule has 6 nitrogen and oxygen atoms in total. The lowest BCUT2D eigenvalue weighted by atomic mass is 10.1. The van der Waals surface area contributed by atoms with Gasteiger partial charge in [-0.1, -0.05) is 13.8 Å². The van der Waals surface area contributed by atoms with Crippen molar-refractivity contribution in [2.24, 2.45) is 0 Å². The topological polar surface area (TPSA) is 84.1 Å². The monoisotopic (exact) mass is 279 g/mol. The first-order valence-corrected chi connectivity index (χ1v) is 7.19. The minimum Gasteiger partial charge on any atom is -0.382 e. The minimum atomic E-state index is -0.201. The number of aromatic nitrogens is 2. The third kappa shape index (κ3) is 5.52. The number of carbonyl (C=O) groups is 1. The fraction of sp³-hybridized carbons (Fsp3) is 0.643. The summed E-state index contributed by atoms with van der Waals surface area (Å²) in [6.45, 7) is 9.53. The Morgan fingerprint density at radius 3 is 2.60 bits per heavy atom. The van der Waals surface area contributed by atoms with E-state index in [-0.39, 0.29) is 11.9 Å². The lowest BCUT2D eigenvalue weighted by Gasteiger charge is -2.19. The predicted octanol–water partition coefficient (Wildman–Crippen LogP) is 1.30. The maximum atomic E-state index is 11.9. The number of anilines is 1. The zero-order chi connectivity index (χ0) is 15.0. The second-order valence-electron chi connectivity index (χ2n) is 4.89. The number of hydrogen-bond donors (Lipinski definition) is 2. The first-order valence-electron chi connectivity index (χ1n) is 7.19. The minimum absolute atomic E-state index is 0.123. The summed E-state index contributed by atoms with van der Waals surface area (Å²) >= 11 is 0. The molecule has 20 heavy (non-hydrogen) atoms. The Morgan fingerprint density at radius 1 is 1.35 bits per heavy atom. The van der Waals surface area contributed by atoms with Crippen LogP contribution in [0.4, 0.5) is 5.82 Å². The van der Waals surface area contributed by atoms with Crippen LogP contribution >= 0.6 is 0 Å². The molecule has 1 amide bonds. The van der Waals surface area contributed by atoms with Gasteiger partial charge in [-0.15, -0.1) is 10.2 Å². The van der Waals surface area contributed by atoms with E-state index >= 15 is 0 Å². The Morgan fingerprint density at radius 2 is 2.05 bits per heavy atom. The smallest absolute Gasteiger partial charge is 0.272 e. The molecule has 0 aromatic carbocycles. The fourth-order valence-corrected chi connectivity index (χ4v) is 1.99. The fourth-order valence-electron chi connectivity index (χ4n) is 1.99. The van der Waals surface area contributed by atoms with Crippen molar-refractivity contribution in [2.75, 3.05) is 25.4 Å². The number of amides is 1. The second-order valence-corrected chi connectivity index (χ2v) is 4.89. The van der Waals surface area contributed by atoms with Crippen molar-refractivity contribution in [3.05, 3.63) is 17.8 Å². The van der Waals surface area contributed by atoms with Crippen molar-refractivity contribution in [1.29, 1.82) is 0 Å². The normalized spacial score (nSPS) is 12.4. The lowest BCUT2D eigenvalue weighted by molar-refractivity contribution is 0.0931. The van der Waals surface area contributed by atoms with Crippen LogP contribution in [0.2, 0.25) is 0 Å². The van der Waals surface area contributed by atoms with Gasteiger partial charge in [-0.05, 0) is 51.5 Å². The van der Waals surface area contributed by atoms with Crippen LogP contribution in [0.5, 0.6) is 0 Å². The average Bonchev–Trinajstić information content (AvgIpc) is 2.44. The van der Waals surface area contributed by atoms with E-state index in [1.165, 1.54) is 0 Å². The van der Waals surface area contributed by atoms with E-state index in [0.29, 0.717) is 11.5 Å². The number of rotatable bonds is 8. The molecule has 1 atom stereocenters. The maximum Gasteiger partial charge on any atom is 0.272 e. The Hall–Kier alpha value is -1.69. The Labute approximate surface area is 120 Å². The molecule has 1 aromatic heterocycles. The molecule has 1 rings (SSSR count). The molecule has 6 heteroatoms. The molecule has 3 N–H and O–H groups in total. The molecule has 0 spiro atoms. The zero-order valence-electron chi connectivity index (χ0n) is 12.6. The van der Waals surface area contributed by atoms with Crippen molar-refractivity contribution in [3.63, 3.8) is 0 Å². The standard InChI is InChI=1S/C14H25N5O/c1-4-19(5-2)10-6-7-11(3)16-14(20)12-8-9-13(15)18-17-12/h8-9,11H,4-7,10H2,1-3H3,(H2,15,18)(H,16,20). The summed E-state index contributed by atoms with van der Waals surface area (Å²) in [5.74, 6) is 0.113. The van der Waals surface area contributed by atoms with E-state index < -0.39 is 0 Å². The van der Waals surface area contributed by atoms with Gasteiger partial charge >= 0.3 is 0 Å². The molecule has 0 saturated heterocycles. The van der Waals surface area contributed by atoms with Crippen LogP contribution in [0, 0.1) is 0 Å². The highest BCUT2D eigenvalue weighted by Crippen LogP contribution is 2.02. The van der Waals surface area contributed by atoms with Crippen molar-refractivity contribution in [3.8, 4) is 0 Å². The van der Waals surface area contributed by atoms with Gasteiger partial charge in [0.05, 0.1) is 0 Å². The number of nitrogens with one attached hydrogen (secondary N) is 1. The molecule has 0 aliphatic carbocycles. The zero-order valence-corrected chi connectivity index (χ0v) is 12.6. The van der Waals surface area contributed by atoms with Crippen LogP contribution in [0.1, 0.15) is 44.1 Å². The van der Waals surface area contributed by atoms with E-state index in [1.54, 1.807) is 12.1 Å². The van der Waals surface area contributed by atoms with Gasteiger partial charge in [-0.3, -0.25) is 4.79 Å². The van der Waals surface area contributed by atoms with Gasteiger partial charge in [0.15, 0.2) is 5.69 Å². The number of nitrogen functional groups attached to an aromatic ring is 1. The first-order chi connectivity index (χ1) is 9.56. The average molecular weight is 279 g/mol. The van der Waals surface area contributed by atoms with E-state index in [9.17, 15) is 4.79 Å². The molecule has 0 aliphatic rings. The Bertz CT molecular complexity index is 403. The third-order valence-corrected chi connectivity index (χ3v) is 3.30. The quantitative estimate of drug-likeness (QED) is 0.749. The van der Waals surface area contributed by atoms with E-state index in [0.717, 1.165) is 32.5 Å². The lowest BCUT2D eigenvalue weighted by Crippen LogP contribution is -2.34. The van der Waals surface area contributed by atoms with Crippen LogP contribution in [0.25, 0.3) is 0 Å². The molecule has 1 unspecified atom stereocenters. The maximum absolute atomic E-state index is 11.9. The summed E-state index contributed by atoms with van der Waals surface area (Å²) in [5.41, 5.74) is 5.74. The Balaban J connectivity index is 2.33. The van der Waals surface area contributed by atoms with Gasteiger partial charge in [0.2, 0.25) is 0 Å². The summed E-state index contributed by atoms with van der Waals surface area (Å²) in [4.78, 5) is 14.3. The van der Waals surface area contributed by atoms with Gasteiger partial charge in [0, 0.05) is 6.04 Å². The molecular formula is C14H25N5O. The van der Waals surface area contributed by atoms with Gasteiger partial charge in [-0.2, -0.15) is 0 Å². The van der Waals surface area contributed by atoms with Gasteiger partial charge in [0.25, 0.3) is 5.91 Å². The third-order valence-electron chi connectivity index (χ3n) is 3.30. The molecular weight excluding hydrogens is 254 g/mol. The van der Waals surface area contributed by atoms with Crippen molar-refractivity contribution >= 4 is 11.7 Å². The van der Waals surface area contributed by atoms with Crippen LogP contribution in [0.3, 0.4) is 0 Å². The van der Waals surface area contributed by atoms with Crippen LogP contribution < -0.4 is 11.1 Å². The van der Waals surface area contributed by atoms with Crippen LogP contribution in [-0.2, 0) is 0 Å². The first kappa shape index (κ1) is 16.4. The van der Waals surface area contributed by atoms with Crippen molar-refractivity contribution < 1.29 is 4.79 Å². The molecule has 1 heterocycles. The van der Waals surface area contributed by atoms with Crippen LogP contribution in [-0.4, -0.2) is 46.7 Å². The molecule has 1 aromatic rings. The Kier molecular flexibility index (Phi) is 6.93. The summed E-state index contributed by atoms with van der Waals surface area (Å²) in [6, 6.07) is 3.28. The number of nitrogens with two attached hydrogens (primary N) is 1. The molecule has 0 radical (unpaired) electrons. The summed E-state index contributed by atoms with van der Waals surface area (Å²) in [5, 5.41) is 10.4. The van der Waals surface area contributed by atoms with E-state index in [4.69, 9.17) is 5.73 Å². The number of nitrogens with zero attached hydrogens (tertiary/aromatic N) is 3. The predicted molar refractivity (Wildman–Crippen MR) is 80.4 cm³/mol. The van der Waals surface area contributed by atoms with Gasteiger partial charge < -0.3 is 16.0 Å². The van der Waals surface area contributed by atoms with E-state index in [2.05, 4.69) is 34.3 Å².